The molecule has 0 saturated heterocycles. The third kappa shape index (κ3) is 3.86. The van der Waals surface area contributed by atoms with Gasteiger partial charge in [-0.15, -0.1) is 0 Å². The van der Waals surface area contributed by atoms with E-state index in [-0.39, 0.29) is 0 Å². The van der Waals surface area contributed by atoms with Gasteiger partial charge in [-0.1, -0.05) is 42.5 Å². The zero-order chi connectivity index (χ0) is 21.2. The van der Waals surface area contributed by atoms with Crippen LogP contribution in [-0.4, -0.2) is 28.1 Å². The second-order valence-corrected chi connectivity index (χ2v) is 8.26. The molecule has 0 unspecified atom stereocenters. The van der Waals surface area contributed by atoms with Crippen LogP contribution in [0.2, 0.25) is 0 Å². The van der Waals surface area contributed by atoms with Gasteiger partial charge in [0.2, 0.25) is 0 Å². The molecule has 158 valence electrons. The fourth-order valence-corrected chi connectivity index (χ4v) is 4.48. The van der Waals surface area contributed by atoms with Crippen LogP contribution in [0.1, 0.15) is 24.4 Å². The summed E-state index contributed by atoms with van der Waals surface area (Å²) in [5.74, 6) is 2.06. The summed E-state index contributed by atoms with van der Waals surface area (Å²) in [4.78, 5) is 8.85. The van der Waals surface area contributed by atoms with Crippen LogP contribution in [-0.2, 0) is 6.61 Å². The first-order chi connectivity index (χ1) is 15.2. The molecule has 1 aliphatic carbocycles. The Morgan fingerprint density at radius 2 is 1.94 bits per heavy atom. The Kier molecular flexibility index (Phi) is 5.30. The smallest absolute Gasteiger partial charge is 0.146 e. The van der Waals surface area contributed by atoms with E-state index < -0.39 is 0 Å². The zero-order valence-electron chi connectivity index (χ0n) is 17.7. The molecule has 2 heterocycles. The second kappa shape index (κ2) is 8.40. The summed E-state index contributed by atoms with van der Waals surface area (Å²) in [6.45, 7) is 1.59. The van der Waals surface area contributed by atoms with Crippen LogP contribution in [0, 0.1) is 5.92 Å². The predicted molar refractivity (Wildman–Crippen MR) is 124 cm³/mol. The number of fused-ring (bicyclic) bond motifs is 1. The lowest BCUT2D eigenvalue weighted by atomic mass is 9.80. The van der Waals surface area contributed by atoms with Gasteiger partial charge in [0.1, 0.15) is 30.1 Å². The van der Waals surface area contributed by atoms with Gasteiger partial charge < -0.3 is 20.4 Å². The van der Waals surface area contributed by atoms with Crippen LogP contribution in [0.4, 0.5) is 5.82 Å². The van der Waals surface area contributed by atoms with E-state index in [4.69, 9.17) is 10.5 Å². The van der Waals surface area contributed by atoms with Crippen molar-refractivity contribution in [1.82, 2.24) is 19.9 Å². The summed E-state index contributed by atoms with van der Waals surface area (Å²) in [7, 11) is 2.01. The highest BCUT2D eigenvalue weighted by atomic mass is 16.5. The summed E-state index contributed by atoms with van der Waals surface area (Å²) >= 11 is 0. The molecule has 6 nitrogen and oxygen atoms in total. The molecule has 2 aromatic heterocycles. The quantitative estimate of drug-likeness (QED) is 0.469. The Hall–Kier alpha value is -3.38. The first-order valence-electron chi connectivity index (χ1n) is 10.8. The van der Waals surface area contributed by atoms with E-state index in [1.165, 1.54) is 0 Å². The average molecular weight is 414 g/mol. The molecular weight excluding hydrogens is 386 g/mol. The van der Waals surface area contributed by atoms with Crippen LogP contribution in [0.15, 0.2) is 67.1 Å². The largest absolute Gasteiger partial charge is 0.489 e. The SMILES string of the molecule is CNCC1CC(n2cc(-c3cccc(OCc4ccccc4)c3)c3c(N)ncnc32)C1. The molecule has 2 aromatic carbocycles. The Morgan fingerprint density at radius 1 is 1.10 bits per heavy atom. The number of nitrogen functional groups attached to an aromatic ring is 1. The minimum Gasteiger partial charge on any atom is -0.489 e. The number of hydrogen-bond acceptors (Lipinski definition) is 5. The summed E-state index contributed by atoms with van der Waals surface area (Å²) in [6.07, 6.45) is 6.04. The van der Waals surface area contributed by atoms with Crippen LogP contribution in [0.25, 0.3) is 22.2 Å². The minimum atomic E-state index is 0.446. The van der Waals surface area contributed by atoms with E-state index in [1.807, 2.05) is 37.4 Å². The highest BCUT2D eigenvalue weighted by Gasteiger charge is 2.32. The van der Waals surface area contributed by atoms with Gasteiger partial charge in [-0.05, 0) is 55.6 Å². The van der Waals surface area contributed by atoms with Crippen molar-refractivity contribution in [3.05, 3.63) is 72.7 Å². The molecule has 0 bridgehead atoms. The number of ether oxygens (including phenoxy) is 1. The lowest BCUT2D eigenvalue weighted by Gasteiger charge is -2.36. The van der Waals surface area contributed by atoms with Crippen LogP contribution in [0.3, 0.4) is 0 Å². The molecule has 3 N–H and O–H groups in total. The Labute approximate surface area is 182 Å². The Morgan fingerprint density at radius 3 is 2.74 bits per heavy atom. The maximum atomic E-state index is 6.31. The van der Waals surface area contributed by atoms with Crippen molar-refractivity contribution in [2.45, 2.75) is 25.5 Å². The van der Waals surface area contributed by atoms with Crippen LogP contribution < -0.4 is 15.8 Å². The number of hydrogen-bond donors (Lipinski definition) is 2. The Bertz CT molecular complexity index is 1180. The van der Waals surface area contributed by atoms with Gasteiger partial charge in [0, 0.05) is 17.8 Å². The maximum absolute atomic E-state index is 6.31. The molecule has 0 aliphatic heterocycles. The lowest BCUT2D eigenvalue weighted by Crippen LogP contribution is -2.33. The number of nitrogens with one attached hydrogen (secondary N) is 1. The van der Waals surface area contributed by atoms with Gasteiger partial charge in [-0.25, -0.2) is 9.97 Å². The van der Waals surface area contributed by atoms with Crippen molar-refractivity contribution in [2.24, 2.45) is 5.92 Å². The molecule has 1 fully saturated rings. The van der Waals surface area contributed by atoms with Gasteiger partial charge >= 0.3 is 0 Å². The van der Waals surface area contributed by atoms with Gasteiger partial charge in [-0.3, -0.25) is 0 Å². The van der Waals surface area contributed by atoms with Crippen molar-refractivity contribution in [3.63, 3.8) is 0 Å². The molecule has 0 atom stereocenters. The van der Waals surface area contributed by atoms with Crippen molar-refractivity contribution >= 4 is 16.9 Å². The molecule has 1 saturated carbocycles. The molecule has 6 heteroatoms. The van der Waals surface area contributed by atoms with E-state index in [2.05, 4.69) is 50.3 Å². The first-order valence-corrected chi connectivity index (χ1v) is 10.8. The van der Waals surface area contributed by atoms with E-state index in [0.717, 1.165) is 52.9 Å². The highest BCUT2D eigenvalue weighted by Crippen LogP contribution is 2.42. The average Bonchev–Trinajstić information content (AvgIpc) is 3.16. The van der Waals surface area contributed by atoms with Crippen molar-refractivity contribution in [1.29, 1.82) is 0 Å². The van der Waals surface area contributed by atoms with E-state index in [0.29, 0.717) is 24.4 Å². The number of benzene rings is 2. The van der Waals surface area contributed by atoms with E-state index in [9.17, 15) is 0 Å². The second-order valence-electron chi connectivity index (χ2n) is 8.26. The topological polar surface area (TPSA) is 78.0 Å². The maximum Gasteiger partial charge on any atom is 0.146 e. The zero-order valence-corrected chi connectivity index (χ0v) is 17.7. The molecule has 0 spiro atoms. The molecule has 0 radical (unpaired) electrons. The number of nitrogens with zero attached hydrogens (tertiary/aromatic N) is 3. The van der Waals surface area contributed by atoms with E-state index >= 15 is 0 Å². The monoisotopic (exact) mass is 413 g/mol. The van der Waals surface area contributed by atoms with Crippen LogP contribution in [0.5, 0.6) is 5.75 Å². The third-order valence-electron chi connectivity index (χ3n) is 6.13. The Balaban J connectivity index is 1.46. The van der Waals surface area contributed by atoms with Crippen molar-refractivity contribution in [3.8, 4) is 16.9 Å². The molecule has 4 aromatic rings. The summed E-state index contributed by atoms with van der Waals surface area (Å²) in [5.41, 5.74) is 10.5. The third-order valence-corrected chi connectivity index (χ3v) is 6.13. The molecule has 1 aliphatic rings. The predicted octanol–water partition coefficient (Wildman–Crippen LogP) is 4.43. The summed E-state index contributed by atoms with van der Waals surface area (Å²) in [5, 5.41) is 4.20. The van der Waals surface area contributed by atoms with Gasteiger partial charge in [-0.2, -0.15) is 0 Å². The van der Waals surface area contributed by atoms with Gasteiger partial charge in [0.25, 0.3) is 0 Å². The lowest BCUT2D eigenvalue weighted by molar-refractivity contribution is 0.200. The van der Waals surface area contributed by atoms with Crippen molar-refractivity contribution in [2.75, 3.05) is 19.3 Å². The number of rotatable bonds is 7. The van der Waals surface area contributed by atoms with Crippen molar-refractivity contribution < 1.29 is 4.74 Å². The standard InChI is InChI=1S/C25H27N5O/c1-27-13-18-10-20(11-18)30-14-22(23-24(26)28-16-29-25(23)30)19-8-5-9-21(12-19)31-15-17-6-3-2-4-7-17/h2-9,12,14,16,18,20,27H,10-11,13,15H2,1H3,(H2,26,28,29). The fourth-order valence-electron chi connectivity index (χ4n) is 4.48. The van der Waals surface area contributed by atoms with Gasteiger partial charge in [0.05, 0.1) is 5.39 Å². The molecule has 31 heavy (non-hydrogen) atoms. The highest BCUT2D eigenvalue weighted by molar-refractivity contribution is 6.00. The fraction of sp³-hybridized carbons (Fsp3) is 0.280. The first kappa shape index (κ1) is 19.6. The normalized spacial score (nSPS) is 18.1. The number of nitrogens with two attached hydrogens (primary N) is 1. The molecule has 5 rings (SSSR count). The van der Waals surface area contributed by atoms with Gasteiger partial charge in [0.15, 0.2) is 0 Å². The number of aromatic nitrogens is 3. The number of anilines is 1. The van der Waals surface area contributed by atoms with E-state index in [1.54, 1.807) is 6.33 Å². The summed E-state index contributed by atoms with van der Waals surface area (Å²) < 4.78 is 8.33. The summed E-state index contributed by atoms with van der Waals surface area (Å²) in [6, 6.07) is 18.8. The van der Waals surface area contributed by atoms with Crippen LogP contribution >= 0.6 is 0 Å². The molecular formula is C25H27N5O. The molecule has 0 amide bonds. The minimum absolute atomic E-state index is 0.446.